The fraction of sp³-hybridized carbons (Fsp3) is 0.667. The normalized spacial score (nSPS) is 14.2. The number of urea groups is 1. The molecule has 0 aliphatic heterocycles. The molecule has 1 aliphatic rings. The molecule has 0 aromatic carbocycles. The average molecular weight is 308 g/mol. The minimum atomic E-state index is -0.914. The van der Waals surface area contributed by atoms with E-state index < -0.39 is 5.97 Å². The highest BCUT2D eigenvalue weighted by Crippen LogP contribution is 2.43. The Bertz CT molecular complexity index is 549. The number of carboxylic acid groups (broad SMARTS) is 1. The Morgan fingerprint density at radius 2 is 2.18 bits per heavy atom. The van der Waals surface area contributed by atoms with Crippen LogP contribution in [0.4, 0.5) is 10.5 Å². The highest BCUT2D eigenvalue weighted by Gasteiger charge is 2.31. The number of aromatic nitrogens is 2. The summed E-state index contributed by atoms with van der Waals surface area (Å²) in [6.07, 6.45) is 3.88. The quantitative estimate of drug-likeness (QED) is 0.809. The summed E-state index contributed by atoms with van der Waals surface area (Å²) in [6.45, 7) is 5.28. The average Bonchev–Trinajstić information content (AvgIpc) is 3.19. The van der Waals surface area contributed by atoms with Crippen molar-refractivity contribution in [3.05, 3.63) is 11.9 Å². The van der Waals surface area contributed by atoms with Crippen molar-refractivity contribution in [2.45, 2.75) is 45.6 Å². The lowest BCUT2D eigenvalue weighted by Gasteiger charge is -2.17. The van der Waals surface area contributed by atoms with Gasteiger partial charge in [0.1, 0.15) is 0 Å². The maximum atomic E-state index is 12.1. The number of nitrogens with one attached hydrogen (secondary N) is 1. The molecule has 1 fully saturated rings. The summed E-state index contributed by atoms with van der Waals surface area (Å²) in [7, 11) is 1.59. The van der Waals surface area contributed by atoms with Gasteiger partial charge in [0.25, 0.3) is 0 Å². The van der Waals surface area contributed by atoms with Crippen LogP contribution in [0.25, 0.3) is 0 Å². The van der Waals surface area contributed by atoms with Gasteiger partial charge in [-0.05, 0) is 18.8 Å². The first-order chi connectivity index (χ1) is 10.4. The fourth-order valence-electron chi connectivity index (χ4n) is 2.35. The second kappa shape index (κ2) is 6.81. The van der Waals surface area contributed by atoms with E-state index in [1.165, 1.54) is 4.90 Å². The Morgan fingerprint density at radius 1 is 1.50 bits per heavy atom. The summed E-state index contributed by atoms with van der Waals surface area (Å²) in [5.41, 5.74) is 1.84. The van der Waals surface area contributed by atoms with Crippen molar-refractivity contribution in [3.8, 4) is 0 Å². The molecule has 1 aliphatic carbocycles. The Hall–Kier alpha value is -2.05. The molecule has 7 nitrogen and oxygen atoms in total. The van der Waals surface area contributed by atoms with Gasteiger partial charge in [-0.25, -0.2) is 4.79 Å². The third-order valence-corrected chi connectivity index (χ3v) is 3.63. The van der Waals surface area contributed by atoms with Gasteiger partial charge in [0, 0.05) is 26.1 Å². The zero-order valence-corrected chi connectivity index (χ0v) is 13.4. The van der Waals surface area contributed by atoms with Crippen molar-refractivity contribution in [1.29, 1.82) is 0 Å². The van der Waals surface area contributed by atoms with Crippen molar-refractivity contribution in [3.63, 3.8) is 0 Å². The number of carboxylic acids is 1. The van der Waals surface area contributed by atoms with E-state index in [1.54, 1.807) is 13.2 Å². The largest absolute Gasteiger partial charge is 0.481 e. The summed E-state index contributed by atoms with van der Waals surface area (Å²) in [5, 5.41) is 15.9. The van der Waals surface area contributed by atoms with E-state index in [0.717, 1.165) is 30.8 Å². The lowest BCUT2D eigenvalue weighted by Crippen LogP contribution is -2.33. The minimum absolute atomic E-state index is 0.0635. The zero-order valence-electron chi connectivity index (χ0n) is 13.4. The molecule has 0 bridgehead atoms. The van der Waals surface area contributed by atoms with Gasteiger partial charge in [0.05, 0.1) is 24.0 Å². The molecule has 22 heavy (non-hydrogen) atoms. The van der Waals surface area contributed by atoms with Gasteiger partial charge in [-0.2, -0.15) is 5.10 Å². The first-order valence-corrected chi connectivity index (χ1v) is 7.68. The van der Waals surface area contributed by atoms with Crippen LogP contribution in [0.1, 0.15) is 44.7 Å². The van der Waals surface area contributed by atoms with Gasteiger partial charge in [0.15, 0.2) is 0 Å². The molecule has 2 rings (SSSR count). The van der Waals surface area contributed by atoms with Crippen molar-refractivity contribution in [2.24, 2.45) is 5.92 Å². The highest BCUT2D eigenvalue weighted by atomic mass is 16.4. The van der Waals surface area contributed by atoms with Crippen LogP contribution in [-0.2, 0) is 11.3 Å². The number of rotatable bonds is 7. The smallest absolute Gasteiger partial charge is 0.321 e. The van der Waals surface area contributed by atoms with Gasteiger partial charge < -0.3 is 15.3 Å². The summed E-state index contributed by atoms with van der Waals surface area (Å²) >= 11 is 0. The van der Waals surface area contributed by atoms with Crippen molar-refractivity contribution < 1.29 is 14.7 Å². The molecule has 1 saturated carbocycles. The van der Waals surface area contributed by atoms with E-state index in [9.17, 15) is 9.59 Å². The predicted octanol–water partition coefficient (Wildman–Crippen LogP) is 2.35. The predicted molar refractivity (Wildman–Crippen MR) is 82.9 cm³/mol. The topological polar surface area (TPSA) is 87.5 Å². The second-order valence-corrected chi connectivity index (χ2v) is 6.29. The van der Waals surface area contributed by atoms with E-state index in [0.29, 0.717) is 11.8 Å². The molecule has 0 radical (unpaired) electrons. The molecular weight excluding hydrogens is 284 g/mol. The van der Waals surface area contributed by atoms with Gasteiger partial charge in [-0.15, -0.1) is 0 Å². The van der Waals surface area contributed by atoms with E-state index >= 15 is 0 Å². The summed E-state index contributed by atoms with van der Waals surface area (Å²) in [6, 6.07) is -0.299. The van der Waals surface area contributed by atoms with Crippen LogP contribution < -0.4 is 5.32 Å². The van der Waals surface area contributed by atoms with Crippen LogP contribution in [0.3, 0.4) is 0 Å². The number of aliphatic carboxylic acids is 1. The van der Waals surface area contributed by atoms with Crippen LogP contribution in [0.15, 0.2) is 6.20 Å². The van der Waals surface area contributed by atoms with E-state index in [4.69, 9.17) is 5.11 Å². The number of anilines is 1. The number of hydrogen-bond acceptors (Lipinski definition) is 3. The zero-order chi connectivity index (χ0) is 16.3. The lowest BCUT2D eigenvalue weighted by atomic mass is 10.2. The summed E-state index contributed by atoms with van der Waals surface area (Å²) in [4.78, 5) is 24.1. The van der Waals surface area contributed by atoms with Crippen molar-refractivity contribution >= 4 is 17.7 Å². The number of hydrogen-bond donors (Lipinski definition) is 2. The van der Waals surface area contributed by atoms with E-state index in [2.05, 4.69) is 24.3 Å². The molecule has 1 heterocycles. The number of nitrogens with zero attached hydrogens (tertiary/aromatic N) is 3. The molecule has 2 amide bonds. The third kappa shape index (κ3) is 4.22. The molecule has 7 heteroatoms. The third-order valence-electron chi connectivity index (χ3n) is 3.63. The minimum Gasteiger partial charge on any atom is -0.481 e. The monoisotopic (exact) mass is 308 g/mol. The van der Waals surface area contributed by atoms with Gasteiger partial charge in [0.2, 0.25) is 0 Å². The van der Waals surface area contributed by atoms with Crippen LogP contribution in [0, 0.1) is 5.92 Å². The first kappa shape index (κ1) is 16.3. The SMILES string of the molecule is CC(C)Cn1ncc(NC(=O)N(C)CCC(=O)O)c1C1CC1. The van der Waals surface area contributed by atoms with Crippen LogP contribution in [-0.4, -0.2) is 45.4 Å². The lowest BCUT2D eigenvalue weighted by molar-refractivity contribution is -0.137. The molecule has 2 N–H and O–H groups in total. The molecule has 1 aromatic heterocycles. The maximum Gasteiger partial charge on any atom is 0.321 e. The standard InChI is InChI=1S/C15H24N4O3/c1-10(2)9-19-14(11-4-5-11)12(8-16-19)17-15(22)18(3)7-6-13(20)21/h8,10-11H,4-7,9H2,1-3H3,(H,17,22)(H,20,21). The number of amides is 2. The molecule has 0 atom stereocenters. The molecular formula is C15H24N4O3. The number of carbonyl (C=O) groups is 2. The summed E-state index contributed by atoms with van der Waals surface area (Å²) < 4.78 is 1.98. The van der Waals surface area contributed by atoms with Gasteiger partial charge in [-0.3, -0.25) is 9.48 Å². The molecule has 122 valence electrons. The Labute approximate surface area is 130 Å². The van der Waals surface area contributed by atoms with Crippen LogP contribution in [0.5, 0.6) is 0 Å². The van der Waals surface area contributed by atoms with Crippen molar-refractivity contribution in [1.82, 2.24) is 14.7 Å². The van der Waals surface area contributed by atoms with E-state index in [1.807, 2.05) is 4.68 Å². The fourth-order valence-corrected chi connectivity index (χ4v) is 2.35. The molecule has 0 saturated heterocycles. The van der Waals surface area contributed by atoms with E-state index in [-0.39, 0.29) is 19.0 Å². The first-order valence-electron chi connectivity index (χ1n) is 7.68. The van der Waals surface area contributed by atoms with Crippen molar-refractivity contribution in [2.75, 3.05) is 18.9 Å². The maximum absolute atomic E-state index is 12.1. The summed E-state index contributed by atoms with van der Waals surface area (Å²) in [5.74, 6) is 0.0446. The molecule has 1 aromatic rings. The Morgan fingerprint density at radius 3 is 2.73 bits per heavy atom. The van der Waals surface area contributed by atoms with Crippen LogP contribution >= 0.6 is 0 Å². The number of carbonyl (C=O) groups excluding carboxylic acids is 1. The van der Waals surface area contributed by atoms with Crippen LogP contribution in [0.2, 0.25) is 0 Å². The highest BCUT2D eigenvalue weighted by molar-refractivity contribution is 5.90. The Kier molecular flexibility index (Phi) is 5.05. The molecule has 0 spiro atoms. The second-order valence-electron chi connectivity index (χ2n) is 6.29. The Balaban J connectivity index is 2.04. The van der Waals surface area contributed by atoms with Gasteiger partial charge in [-0.1, -0.05) is 13.8 Å². The van der Waals surface area contributed by atoms with Gasteiger partial charge >= 0.3 is 12.0 Å². The molecule has 0 unspecified atom stereocenters.